The minimum Gasteiger partial charge on any atom is -0.352 e. The number of hydrogen-bond acceptors (Lipinski definition) is 1. The van der Waals surface area contributed by atoms with Crippen molar-refractivity contribution in [2.45, 2.75) is 26.8 Å². The quantitative estimate of drug-likeness (QED) is 0.908. The van der Waals surface area contributed by atoms with Crippen LogP contribution >= 0.6 is 0 Å². The molecule has 0 radical (unpaired) electrons. The molecule has 0 unspecified atom stereocenters. The lowest BCUT2D eigenvalue weighted by Crippen LogP contribution is -2.24. The van der Waals surface area contributed by atoms with Gasteiger partial charge in [0.1, 0.15) is 5.82 Å². The molecule has 2 aromatic carbocycles. The van der Waals surface area contributed by atoms with E-state index in [1.54, 1.807) is 12.1 Å². The zero-order chi connectivity index (χ0) is 14.5. The first-order valence-electron chi connectivity index (χ1n) is 6.62. The third-order valence-corrected chi connectivity index (χ3v) is 3.34. The summed E-state index contributed by atoms with van der Waals surface area (Å²) in [5.74, 6) is -0.298. The van der Waals surface area contributed by atoms with Crippen molar-refractivity contribution in [1.29, 1.82) is 0 Å². The zero-order valence-electron chi connectivity index (χ0n) is 11.7. The second-order valence-corrected chi connectivity index (χ2v) is 5.00. The van der Waals surface area contributed by atoms with Crippen LogP contribution in [0, 0.1) is 19.7 Å². The SMILES string of the molecule is Cc1ccc(CC(=O)NCc2ccc(F)cc2)cc1C. The van der Waals surface area contributed by atoms with Crippen LogP contribution in [0.15, 0.2) is 42.5 Å². The van der Waals surface area contributed by atoms with E-state index in [-0.39, 0.29) is 11.7 Å². The van der Waals surface area contributed by atoms with E-state index in [4.69, 9.17) is 0 Å². The van der Waals surface area contributed by atoms with E-state index in [0.29, 0.717) is 13.0 Å². The number of nitrogens with one attached hydrogen (secondary N) is 1. The van der Waals surface area contributed by atoms with E-state index in [0.717, 1.165) is 11.1 Å². The Morgan fingerprint density at radius 2 is 1.65 bits per heavy atom. The van der Waals surface area contributed by atoms with Gasteiger partial charge in [0.25, 0.3) is 0 Å². The molecular formula is C17H18FNO. The lowest BCUT2D eigenvalue weighted by molar-refractivity contribution is -0.120. The van der Waals surface area contributed by atoms with Gasteiger partial charge in [0, 0.05) is 6.54 Å². The maximum Gasteiger partial charge on any atom is 0.224 e. The summed E-state index contributed by atoms with van der Waals surface area (Å²) in [6, 6.07) is 12.2. The molecule has 2 rings (SSSR count). The fourth-order valence-electron chi connectivity index (χ4n) is 1.96. The third-order valence-electron chi connectivity index (χ3n) is 3.34. The first-order valence-corrected chi connectivity index (χ1v) is 6.62. The lowest BCUT2D eigenvalue weighted by atomic mass is 10.0. The average molecular weight is 271 g/mol. The normalized spacial score (nSPS) is 10.3. The van der Waals surface area contributed by atoms with Crippen LogP contribution in [0.4, 0.5) is 4.39 Å². The van der Waals surface area contributed by atoms with Gasteiger partial charge in [-0.15, -0.1) is 0 Å². The molecule has 1 N–H and O–H groups in total. The highest BCUT2D eigenvalue weighted by atomic mass is 19.1. The molecule has 2 nitrogen and oxygen atoms in total. The van der Waals surface area contributed by atoms with E-state index >= 15 is 0 Å². The Labute approximate surface area is 118 Å². The molecule has 0 atom stereocenters. The molecule has 3 heteroatoms. The Balaban J connectivity index is 1.89. The van der Waals surface area contributed by atoms with Crippen molar-refractivity contribution < 1.29 is 9.18 Å². The van der Waals surface area contributed by atoms with E-state index in [1.165, 1.54) is 23.3 Å². The van der Waals surface area contributed by atoms with Crippen molar-refractivity contribution in [3.8, 4) is 0 Å². The standard InChI is InChI=1S/C17H18FNO/c1-12-3-4-15(9-13(12)2)10-17(20)19-11-14-5-7-16(18)8-6-14/h3-9H,10-11H2,1-2H3,(H,19,20). The summed E-state index contributed by atoms with van der Waals surface area (Å²) in [5.41, 5.74) is 4.30. The molecule has 0 spiro atoms. The largest absolute Gasteiger partial charge is 0.352 e. The minimum atomic E-state index is -0.268. The molecule has 104 valence electrons. The van der Waals surface area contributed by atoms with Crippen molar-refractivity contribution in [2.75, 3.05) is 0 Å². The summed E-state index contributed by atoms with van der Waals surface area (Å²) in [6.07, 6.45) is 0.363. The summed E-state index contributed by atoms with van der Waals surface area (Å²) < 4.78 is 12.8. The lowest BCUT2D eigenvalue weighted by Gasteiger charge is -2.07. The van der Waals surface area contributed by atoms with Gasteiger partial charge in [-0.25, -0.2) is 4.39 Å². The van der Waals surface area contributed by atoms with Gasteiger partial charge in [-0.3, -0.25) is 4.79 Å². The molecule has 0 saturated heterocycles. The van der Waals surface area contributed by atoms with Crippen LogP contribution < -0.4 is 5.32 Å². The van der Waals surface area contributed by atoms with Gasteiger partial charge in [0.05, 0.1) is 6.42 Å². The van der Waals surface area contributed by atoms with Crippen molar-refractivity contribution in [2.24, 2.45) is 0 Å². The van der Waals surface area contributed by atoms with Gasteiger partial charge >= 0.3 is 0 Å². The highest BCUT2D eigenvalue weighted by Gasteiger charge is 2.04. The summed E-state index contributed by atoms with van der Waals surface area (Å²) >= 11 is 0. The predicted molar refractivity (Wildman–Crippen MR) is 77.9 cm³/mol. The predicted octanol–water partition coefficient (Wildman–Crippen LogP) is 3.30. The average Bonchev–Trinajstić information content (AvgIpc) is 2.42. The van der Waals surface area contributed by atoms with Crippen LogP contribution in [0.25, 0.3) is 0 Å². The molecule has 0 fully saturated rings. The van der Waals surface area contributed by atoms with Gasteiger partial charge in [-0.2, -0.15) is 0 Å². The van der Waals surface area contributed by atoms with E-state index in [1.807, 2.05) is 32.0 Å². The number of amides is 1. The van der Waals surface area contributed by atoms with Crippen molar-refractivity contribution >= 4 is 5.91 Å². The molecule has 1 amide bonds. The summed E-state index contributed by atoms with van der Waals surface area (Å²) in [6.45, 7) is 4.51. The Kier molecular flexibility index (Phi) is 4.51. The summed E-state index contributed by atoms with van der Waals surface area (Å²) in [4.78, 5) is 11.9. The number of carbonyl (C=O) groups excluding carboxylic acids is 1. The first-order chi connectivity index (χ1) is 9.54. The van der Waals surface area contributed by atoms with Gasteiger partial charge in [-0.1, -0.05) is 30.3 Å². The first kappa shape index (κ1) is 14.3. The van der Waals surface area contributed by atoms with Crippen LogP contribution in [0.5, 0.6) is 0 Å². The summed E-state index contributed by atoms with van der Waals surface area (Å²) in [7, 11) is 0. The number of benzene rings is 2. The summed E-state index contributed by atoms with van der Waals surface area (Å²) in [5, 5.41) is 2.84. The smallest absolute Gasteiger partial charge is 0.224 e. The fourth-order valence-corrected chi connectivity index (χ4v) is 1.96. The molecular weight excluding hydrogens is 253 g/mol. The number of halogens is 1. The molecule has 0 bridgehead atoms. The molecule has 0 aliphatic rings. The van der Waals surface area contributed by atoms with E-state index in [9.17, 15) is 9.18 Å². The fraction of sp³-hybridized carbons (Fsp3) is 0.235. The Morgan fingerprint density at radius 3 is 2.30 bits per heavy atom. The molecule has 0 aliphatic heterocycles. The monoisotopic (exact) mass is 271 g/mol. The maximum absolute atomic E-state index is 12.8. The number of rotatable bonds is 4. The van der Waals surface area contributed by atoms with Crippen LogP contribution in [-0.4, -0.2) is 5.91 Å². The molecule has 2 aromatic rings. The second kappa shape index (κ2) is 6.33. The van der Waals surface area contributed by atoms with Gasteiger partial charge in [0.15, 0.2) is 0 Å². The zero-order valence-corrected chi connectivity index (χ0v) is 11.7. The Bertz CT molecular complexity index is 605. The van der Waals surface area contributed by atoms with Gasteiger partial charge < -0.3 is 5.32 Å². The Hall–Kier alpha value is -2.16. The van der Waals surface area contributed by atoms with E-state index < -0.39 is 0 Å². The van der Waals surface area contributed by atoms with Crippen molar-refractivity contribution in [3.05, 3.63) is 70.5 Å². The second-order valence-electron chi connectivity index (χ2n) is 5.00. The van der Waals surface area contributed by atoms with Crippen molar-refractivity contribution in [3.63, 3.8) is 0 Å². The molecule has 0 aromatic heterocycles. The molecule has 20 heavy (non-hydrogen) atoms. The highest BCUT2D eigenvalue weighted by molar-refractivity contribution is 5.78. The van der Waals surface area contributed by atoms with Crippen LogP contribution in [-0.2, 0) is 17.8 Å². The molecule has 0 heterocycles. The minimum absolute atomic E-state index is 0.0300. The van der Waals surface area contributed by atoms with Gasteiger partial charge in [0.2, 0.25) is 5.91 Å². The number of aryl methyl sites for hydroxylation is 2. The Morgan fingerprint density at radius 1 is 1.00 bits per heavy atom. The highest BCUT2D eigenvalue weighted by Crippen LogP contribution is 2.10. The third kappa shape index (κ3) is 3.92. The van der Waals surface area contributed by atoms with Crippen molar-refractivity contribution in [1.82, 2.24) is 5.32 Å². The number of carbonyl (C=O) groups is 1. The van der Waals surface area contributed by atoms with Gasteiger partial charge in [-0.05, 0) is 48.2 Å². The molecule has 0 aliphatic carbocycles. The van der Waals surface area contributed by atoms with E-state index in [2.05, 4.69) is 5.32 Å². The number of hydrogen-bond donors (Lipinski definition) is 1. The molecule has 0 saturated carbocycles. The van der Waals surface area contributed by atoms with Crippen LogP contribution in [0.1, 0.15) is 22.3 Å². The topological polar surface area (TPSA) is 29.1 Å². The maximum atomic E-state index is 12.8. The van der Waals surface area contributed by atoms with Crippen LogP contribution in [0.3, 0.4) is 0 Å². The van der Waals surface area contributed by atoms with Crippen LogP contribution in [0.2, 0.25) is 0 Å².